The second-order valence-corrected chi connectivity index (χ2v) is 1.75. The summed E-state index contributed by atoms with van der Waals surface area (Å²) in [7, 11) is 0. The van der Waals surface area contributed by atoms with Crippen molar-refractivity contribution in [2.24, 2.45) is 0 Å². The van der Waals surface area contributed by atoms with Crippen LogP contribution in [0.2, 0.25) is 0 Å². The quantitative estimate of drug-likeness (QED) is 0.531. The summed E-state index contributed by atoms with van der Waals surface area (Å²) in [6.45, 7) is 0.409. The number of hydrogen-bond donors (Lipinski definition) is 2. The van der Waals surface area contributed by atoms with Gasteiger partial charge < -0.3 is 10.2 Å². The third kappa shape index (κ3) is 7.66. The lowest BCUT2D eigenvalue weighted by Crippen LogP contribution is -1.80. The van der Waals surface area contributed by atoms with Gasteiger partial charge in [0.25, 0.3) is 0 Å². The van der Waals surface area contributed by atoms with E-state index in [0.29, 0.717) is 6.42 Å². The fourth-order valence-electron chi connectivity index (χ4n) is 0.450. The Morgan fingerprint density at radius 3 is 2.56 bits per heavy atom. The minimum absolute atomic E-state index is 0.187. The number of allylic oxidation sites excluding steroid dienone is 1. The van der Waals surface area contributed by atoms with Gasteiger partial charge in [0.1, 0.15) is 0 Å². The second kappa shape index (κ2) is 7.66. The first-order chi connectivity index (χ1) is 4.41. The normalized spacial score (nSPS) is 10.9. The maximum Gasteiger partial charge on any atom is 0.0465 e. The van der Waals surface area contributed by atoms with Crippen molar-refractivity contribution < 1.29 is 10.2 Å². The van der Waals surface area contributed by atoms with Crippen LogP contribution in [0.1, 0.15) is 19.3 Å². The van der Waals surface area contributed by atoms with Crippen LogP contribution in [0.3, 0.4) is 0 Å². The van der Waals surface area contributed by atoms with Crippen LogP contribution in [0.25, 0.3) is 0 Å². The molecule has 2 heteroatoms. The van der Waals surface area contributed by atoms with E-state index in [1.165, 1.54) is 0 Å². The van der Waals surface area contributed by atoms with E-state index in [4.69, 9.17) is 10.2 Å². The van der Waals surface area contributed by atoms with Crippen LogP contribution in [-0.2, 0) is 0 Å². The monoisotopic (exact) mass is 129 g/mol. The molecule has 0 unspecified atom stereocenters. The van der Waals surface area contributed by atoms with E-state index in [0.717, 1.165) is 12.8 Å². The number of hydrogen-bond acceptors (Lipinski definition) is 2. The summed E-state index contributed by atoms with van der Waals surface area (Å²) in [5.41, 5.74) is 0. The van der Waals surface area contributed by atoms with E-state index >= 15 is 0 Å². The van der Waals surface area contributed by atoms with Gasteiger partial charge in [-0.15, -0.1) is 0 Å². The van der Waals surface area contributed by atoms with Crippen LogP contribution in [0.4, 0.5) is 0 Å². The van der Waals surface area contributed by atoms with E-state index in [2.05, 4.69) is 6.08 Å². The lowest BCUT2D eigenvalue weighted by atomic mass is 10.3. The highest BCUT2D eigenvalue weighted by Crippen LogP contribution is 1.88. The van der Waals surface area contributed by atoms with Gasteiger partial charge in [0.15, 0.2) is 0 Å². The van der Waals surface area contributed by atoms with E-state index in [1.54, 1.807) is 6.08 Å². The van der Waals surface area contributed by atoms with Crippen LogP contribution in [-0.4, -0.2) is 23.4 Å². The molecule has 0 amide bonds. The zero-order chi connectivity index (χ0) is 6.95. The molecule has 0 aromatic heterocycles. The van der Waals surface area contributed by atoms with Crippen molar-refractivity contribution in [1.82, 2.24) is 0 Å². The predicted octanol–water partition coefficient (Wildman–Crippen LogP) is 0.501. The summed E-state index contributed by atoms with van der Waals surface area (Å²) in [5.74, 6) is 0. The Bertz CT molecular complexity index is 69.3. The molecule has 0 atom stereocenters. The molecule has 1 radical (unpaired) electrons. The SMILES string of the molecule is OCCC=[C]CCCO. The number of aliphatic hydroxyl groups excluding tert-OH is 2. The van der Waals surface area contributed by atoms with Crippen LogP contribution < -0.4 is 0 Å². The van der Waals surface area contributed by atoms with Crippen molar-refractivity contribution in [3.05, 3.63) is 12.2 Å². The van der Waals surface area contributed by atoms with Gasteiger partial charge >= 0.3 is 0 Å². The molecule has 2 nitrogen and oxygen atoms in total. The summed E-state index contributed by atoms with van der Waals surface area (Å²) in [6.07, 6.45) is 6.97. The summed E-state index contributed by atoms with van der Waals surface area (Å²) in [5, 5.41) is 16.6. The molecule has 0 aliphatic heterocycles. The van der Waals surface area contributed by atoms with Gasteiger partial charge in [-0.1, -0.05) is 6.08 Å². The third-order valence-corrected chi connectivity index (χ3v) is 0.897. The van der Waals surface area contributed by atoms with Crippen LogP contribution >= 0.6 is 0 Å². The fraction of sp³-hybridized carbons (Fsp3) is 0.714. The molecule has 0 rings (SSSR count). The van der Waals surface area contributed by atoms with E-state index in [-0.39, 0.29) is 13.2 Å². The van der Waals surface area contributed by atoms with Gasteiger partial charge in [-0.2, -0.15) is 0 Å². The number of unbranched alkanes of at least 4 members (excludes halogenated alkanes) is 1. The van der Waals surface area contributed by atoms with Crippen molar-refractivity contribution in [3.63, 3.8) is 0 Å². The van der Waals surface area contributed by atoms with Crippen LogP contribution in [0.5, 0.6) is 0 Å². The average Bonchev–Trinajstić information content (AvgIpc) is 1.89. The molecule has 0 bridgehead atoms. The van der Waals surface area contributed by atoms with Crippen LogP contribution in [0, 0.1) is 6.08 Å². The topological polar surface area (TPSA) is 40.5 Å². The molecule has 0 aromatic carbocycles. The maximum absolute atomic E-state index is 8.32. The van der Waals surface area contributed by atoms with Crippen molar-refractivity contribution in [1.29, 1.82) is 0 Å². The highest BCUT2D eigenvalue weighted by Gasteiger charge is 1.78. The molecule has 9 heavy (non-hydrogen) atoms. The molecule has 0 spiro atoms. The summed E-state index contributed by atoms with van der Waals surface area (Å²) < 4.78 is 0. The molecular weight excluding hydrogens is 116 g/mol. The largest absolute Gasteiger partial charge is 0.396 e. The fourth-order valence-corrected chi connectivity index (χ4v) is 0.450. The third-order valence-electron chi connectivity index (χ3n) is 0.897. The zero-order valence-electron chi connectivity index (χ0n) is 5.51. The molecule has 0 aliphatic carbocycles. The Balaban J connectivity index is 2.86. The first-order valence-electron chi connectivity index (χ1n) is 3.18. The lowest BCUT2D eigenvalue weighted by molar-refractivity contribution is 0.288. The van der Waals surface area contributed by atoms with E-state index in [9.17, 15) is 0 Å². The first-order valence-corrected chi connectivity index (χ1v) is 3.18. The maximum atomic E-state index is 8.32. The van der Waals surface area contributed by atoms with Gasteiger partial charge in [-0.3, -0.25) is 0 Å². The van der Waals surface area contributed by atoms with Crippen LogP contribution in [0.15, 0.2) is 6.08 Å². The van der Waals surface area contributed by atoms with Crippen molar-refractivity contribution in [2.75, 3.05) is 13.2 Å². The lowest BCUT2D eigenvalue weighted by Gasteiger charge is -1.86. The van der Waals surface area contributed by atoms with Crippen molar-refractivity contribution in [2.45, 2.75) is 19.3 Å². The van der Waals surface area contributed by atoms with Gasteiger partial charge in [0.05, 0.1) is 0 Å². The molecular formula is C7H13O2. The van der Waals surface area contributed by atoms with Gasteiger partial charge in [0.2, 0.25) is 0 Å². The second-order valence-electron chi connectivity index (χ2n) is 1.75. The summed E-state index contributed by atoms with van der Waals surface area (Å²) >= 11 is 0. The number of aliphatic hydroxyl groups is 2. The Hall–Kier alpha value is -0.340. The van der Waals surface area contributed by atoms with E-state index in [1.807, 2.05) is 0 Å². The Morgan fingerprint density at radius 2 is 2.00 bits per heavy atom. The van der Waals surface area contributed by atoms with E-state index < -0.39 is 0 Å². The minimum Gasteiger partial charge on any atom is -0.396 e. The molecule has 0 saturated heterocycles. The molecule has 0 saturated carbocycles. The minimum atomic E-state index is 0.187. The smallest absolute Gasteiger partial charge is 0.0465 e. The predicted molar refractivity (Wildman–Crippen MR) is 35.8 cm³/mol. The summed E-state index contributed by atoms with van der Waals surface area (Å²) in [6, 6.07) is 0. The Morgan fingerprint density at radius 1 is 1.22 bits per heavy atom. The Kier molecular flexibility index (Phi) is 7.37. The highest BCUT2D eigenvalue weighted by atomic mass is 16.3. The molecule has 53 valence electrons. The van der Waals surface area contributed by atoms with Crippen molar-refractivity contribution >= 4 is 0 Å². The molecule has 0 aromatic rings. The zero-order valence-corrected chi connectivity index (χ0v) is 5.51. The standard InChI is InChI=1S/C7H13O2/c8-6-4-2-1-3-5-7-9/h2,8-9H,3-7H2. The molecule has 2 N–H and O–H groups in total. The number of rotatable bonds is 5. The molecule has 0 heterocycles. The van der Waals surface area contributed by atoms with Gasteiger partial charge in [-0.05, 0) is 25.3 Å². The molecule has 0 fully saturated rings. The van der Waals surface area contributed by atoms with Crippen molar-refractivity contribution in [3.8, 4) is 0 Å². The first kappa shape index (κ1) is 8.66. The van der Waals surface area contributed by atoms with Gasteiger partial charge in [0, 0.05) is 13.2 Å². The average molecular weight is 129 g/mol. The highest BCUT2D eigenvalue weighted by molar-refractivity contribution is 4.72. The van der Waals surface area contributed by atoms with Gasteiger partial charge in [-0.25, -0.2) is 0 Å². The Labute approximate surface area is 55.8 Å². The molecule has 0 aliphatic rings. The summed E-state index contributed by atoms with van der Waals surface area (Å²) in [4.78, 5) is 0.